The number of ether oxygens (including phenoxy) is 2. The van der Waals surface area contributed by atoms with Gasteiger partial charge in [-0.25, -0.2) is 14.5 Å². The molecule has 0 spiro atoms. The van der Waals surface area contributed by atoms with E-state index in [1.165, 1.54) is 0 Å². The number of benzene rings is 1. The minimum Gasteiger partial charge on any atom is -0.460 e. The standard InChI is InChI=1S/C17H23N3O3/c1-12(2)14-8-5-6-9-15(14)20-13(3)18-16(19-20)17(21)23-11-7-10-22-4/h5-6,8-9,12H,7,10-11H2,1-4H3. The fourth-order valence-electron chi connectivity index (χ4n) is 2.31. The van der Waals surface area contributed by atoms with Crippen LogP contribution in [0.15, 0.2) is 24.3 Å². The first kappa shape index (κ1) is 17.1. The summed E-state index contributed by atoms with van der Waals surface area (Å²) in [6, 6.07) is 7.98. The van der Waals surface area contributed by atoms with E-state index >= 15 is 0 Å². The maximum absolute atomic E-state index is 12.0. The van der Waals surface area contributed by atoms with Crippen LogP contribution in [0.5, 0.6) is 0 Å². The molecule has 1 heterocycles. The Balaban J connectivity index is 2.20. The molecule has 1 aromatic carbocycles. The Morgan fingerprint density at radius 1 is 1.26 bits per heavy atom. The molecule has 6 nitrogen and oxygen atoms in total. The molecule has 0 aliphatic rings. The Hall–Kier alpha value is -2.21. The van der Waals surface area contributed by atoms with E-state index < -0.39 is 5.97 Å². The molecule has 124 valence electrons. The summed E-state index contributed by atoms with van der Waals surface area (Å²) in [6.07, 6.45) is 0.651. The largest absolute Gasteiger partial charge is 0.460 e. The molecule has 2 aromatic rings. The van der Waals surface area contributed by atoms with Crippen LogP contribution in [0.4, 0.5) is 0 Å². The smallest absolute Gasteiger partial charge is 0.378 e. The van der Waals surface area contributed by atoms with E-state index in [-0.39, 0.29) is 5.82 Å². The summed E-state index contributed by atoms with van der Waals surface area (Å²) in [5, 5.41) is 4.32. The van der Waals surface area contributed by atoms with Crippen LogP contribution in [0.1, 0.15) is 48.2 Å². The highest BCUT2D eigenvalue weighted by atomic mass is 16.5. The number of hydrogen-bond acceptors (Lipinski definition) is 5. The minimum atomic E-state index is -0.509. The van der Waals surface area contributed by atoms with Crippen LogP contribution in [0, 0.1) is 6.92 Å². The second-order valence-corrected chi connectivity index (χ2v) is 5.59. The number of nitrogens with zero attached hydrogens (tertiary/aromatic N) is 3. The molecule has 23 heavy (non-hydrogen) atoms. The van der Waals surface area contributed by atoms with E-state index in [9.17, 15) is 4.79 Å². The van der Waals surface area contributed by atoms with Crippen LogP contribution in [0.2, 0.25) is 0 Å². The topological polar surface area (TPSA) is 66.2 Å². The van der Waals surface area contributed by atoms with E-state index in [4.69, 9.17) is 9.47 Å². The molecule has 6 heteroatoms. The van der Waals surface area contributed by atoms with Gasteiger partial charge in [0.1, 0.15) is 5.82 Å². The molecule has 0 aliphatic heterocycles. The molecule has 0 radical (unpaired) electrons. The van der Waals surface area contributed by atoms with Crippen molar-refractivity contribution in [3.8, 4) is 5.69 Å². The molecule has 1 aromatic heterocycles. The summed E-state index contributed by atoms with van der Waals surface area (Å²) < 4.78 is 11.8. The zero-order valence-electron chi connectivity index (χ0n) is 14.1. The average molecular weight is 317 g/mol. The van der Waals surface area contributed by atoms with Gasteiger partial charge in [-0.05, 0) is 24.5 Å². The lowest BCUT2D eigenvalue weighted by atomic mass is 10.0. The normalized spacial score (nSPS) is 11.0. The highest BCUT2D eigenvalue weighted by Crippen LogP contribution is 2.23. The first-order valence-corrected chi connectivity index (χ1v) is 7.73. The molecular formula is C17H23N3O3. The van der Waals surface area contributed by atoms with E-state index in [0.29, 0.717) is 31.4 Å². The number of methoxy groups -OCH3 is 1. The molecule has 0 saturated heterocycles. The maximum Gasteiger partial charge on any atom is 0.378 e. The lowest BCUT2D eigenvalue weighted by Crippen LogP contribution is -2.10. The van der Waals surface area contributed by atoms with Crippen molar-refractivity contribution in [1.82, 2.24) is 14.8 Å². The Morgan fingerprint density at radius 2 is 2.00 bits per heavy atom. The molecule has 0 atom stereocenters. The molecule has 0 unspecified atom stereocenters. The minimum absolute atomic E-state index is 0.0819. The zero-order chi connectivity index (χ0) is 16.8. The fourth-order valence-corrected chi connectivity index (χ4v) is 2.31. The van der Waals surface area contributed by atoms with Crippen LogP contribution in [0.25, 0.3) is 5.69 Å². The van der Waals surface area contributed by atoms with Crippen molar-refractivity contribution in [3.63, 3.8) is 0 Å². The third-order valence-corrected chi connectivity index (χ3v) is 3.46. The predicted molar refractivity (Wildman–Crippen MR) is 87.0 cm³/mol. The van der Waals surface area contributed by atoms with Crippen molar-refractivity contribution in [2.75, 3.05) is 20.3 Å². The van der Waals surface area contributed by atoms with Crippen molar-refractivity contribution in [2.45, 2.75) is 33.1 Å². The highest BCUT2D eigenvalue weighted by molar-refractivity contribution is 5.85. The molecule has 0 saturated carbocycles. The van der Waals surface area contributed by atoms with Gasteiger partial charge in [-0.15, -0.1) is 5.10 Å². The van der Waals surface area contributed by atoms with Gasteiger partial charge < -0.3 is 9.47 Å². The van der Waals surface area contributed by atoms with Crippen LogP contribution in [0.3, 0.4) is 0 Å². The van der Waals surface area contributed by atoms with Crippen molar-refractivity contribution < 1.29 is 14.3 Å². The van der Waals surface area contributed by atoms with Gasteiger partial charge >= 0.3 is 5.97 Å². The number of esters is 1. The first-order chi connectivity index (χ1) is 11.0. The Labute approximate surface area is 136 Å². The first-order valence-electron chi connectivity index (χ1n) is 7.73. The number of carbonyl (C=O) groups is 1. The van der Waals surface area contributed by atoms with Gasteiger partial charge in [0.2, 0.25) is 0 Å². The van der Waals surface area contributed by atoms with Gasteiger partial charge in [0.05, 0.1) is 12.3 Å². The molecule has 0 aliphatic carbocycles. The molecule has 2 rings (SSSR count). The lowest BCUT2D eigenvalue weighted by molar-refractivity contribution is 0.0454. The second-order valence-electron chi connectivity index (χ2n) is 5.59. The third-order valence-electron chi connectivity index (χ3n) is 3.46. The lowest BCUT2D eigenvalue weighted by Gasteiger charge is -2.12. The average Bonchev–Trinajstić information content (AvgIpc) is 2.93. The van der Waals surface area contributed by atoms with Crippen molar-refractivity contribution in [2.24, 2.45) is 0 Å². The van der Waals surface area contributed by atoms with Crippen LogP contribution < -0.4 is 0 Å². The van der Waals surface area contributed by atoms with E-state index in [2.05, 4.69) is 30.0 Å². The SMILES string of the molecule is COCCCOC(=O)c1nc(C)n(-c2ccccc2C(C)C)n1. The van der Waals surface area contributed by atoms with Gasteiger partial charge in [-0.1, -0.05) is 32.0 Å². The number of carbonyl (C=O) groups excluding carboxylic acids is 1. The second kappa shape index (κ2) is 7.87. The summed E-state index contributed by atoms with van der Waals surface area (Å²) in [7, 11) is 1.61. The number of rotatable bonds is 7. The molecule has 0 amide bonds. The van der Waals surface area contributed by atoms with Crippen molar-refractivity contribution >= 4 is 5.97 Å². The highest BCUT2D eigenvalue weighted by Gasteiger charge is 2.18. The van der Waals surface area contributed by atoms with Gasteiger partial charge in [0.25, 0.3) is 5.82 Å². The third kappa shape index (κ3) is 4.16. The van der Waals surface area contributed by atoms with E-state index in [1.807, 2.05) is 25.1 Å². The summed E-state index contributed by atoms with van der Waals surface area (Å²) >= 11 is 0. The van der Waals surface area contributed by atoms with Crippen LogP contribution in [-0.2, 0) is 9.47 Å². The maximum atomic E-state index is 12.0. The monoisotopic (exact) mass is 317 g/mol. The Morgan fingerprint density at radius 3 is 2.70 bits per heavy atom. The van der Waals surface area contributed by atoms with E-state index in [1.54, 1.807) is 11.8 Å². The quantitative estimate of drug-likeness (QED) is 0.580. The van der Waals surface area contributed by atoms with Gasteiger partial charge in [-0.2, -0.15) is 0 Å². The summed E-state index contributed by atoms with van der Waals surface area (Å²) in [4.78, 5) is 16.3. The predicted octanol–water partition coefficient (Wildman–Crippen LogP) is 2.89. The number of aromatic nitrogens is 3. The number of para-hydroxylation sites is 1. The van der Waals surface area contributed by atoms with Gasteiger partial charge in [0.15, 0.2) is 0 Å². The summed E-state index contributed by atoms with van der Waals surface area (Å²) in [6.45, 7) is 6.91. The Bertz CT molecular complexity index is 665. The Kier molecular flexibility index (Phi) is 5.87. The van der Waals surface area contributed by atoms with Gasteiger partial charge in [0, 0.05) is 20.1 Å². The van der Waals surface area contributed by atoms with E-state index in [0.717, 1.165) is 11.3 Å². The summed E-state index contributed by atoms with van der Waals surface area (Å²) in [5.41, 5.74) is 2.09. The molecular weight excluding hydrogens is 294 g/mol. The summed E-state index contributed by atoms with van der Waals surface area (Å²) in [5.74, 6) is 0.574. The molecule has 0 N–H and O–H groups in total. The fraction of sp³-hybridized carbons (Fsp3) is 0.471. The van der Waals surface area contributed by atoms with Crippen LogP contribution in [-0.4, -0.2) is 41.1 Å². The molecule has 0 fully saturated rings. The van der Waals surface area contributed by atoms with Crippen molar-refractivity contribution in [1.29, 1.82) is 0 Å². The number of hydrogen-bond donors (Lipinski definition) is 0. The van der Waals surface area contributed by atoms with Crippen LogP contribution >= 0.6 is 0 Å². The van der Waals surface area contributed by atoms with Crippen molar-refractivity contribution in [3.05, 3.63) is 41.5 Å². The zero-order valence-corrected chi connectivity index (χ0v) is 14.1. The van der Waals surface area contributed by atoms with Gasteiger partial charge in [-0.3, -0.25) is 0 Å². The number of aryl methyl sites for hydroxylation is 1. The molecule has 0 bridgehead atoms.